The van der Waals surface area contributed by atoms with Gasteiger partial charge in [0.1, 0.15) is 12.1 Å². The molecule has 2 atom stereocenters. The maximum atomic E-state index is 11.3. The zero-order valence-corrected chi connectivity index (χ0v) is 11.1. The van der Waals surface area contributed by atoms with Crippen LogP contribution in [0.5, 0.6) is 0 Å². The Morgan fingerprint density at radius 2 is 1.31 bits per heavy atom. The minimum atomic E-state index is -4.40. The first kappa shape index (κ1) is 13.5. The van der Waals surface area contributed by atoms with Crippen LogP contribution in [0.3, 0.4) is 0 Å². The number of hydrogen-bond acceptors (Lipinski definition) is 4. The van der Waals surface area contributed by atoms with E-state index in [1.165, 1.54) is 12.1 Å². The van der Waals surface area contributed by atoms with Gasteiger partial charge in [-0.25, -0.2) is 8.42 Å². The molecular weight excluding hydrogens is 371 g/mol. The maximum absolute atomic E-state index is 11.3. The van der Waals surface area contributed by atoms with Gasteiger partial charge in [-0.2, -0.15) is 10.5 Å². The lowest BCUT2D eigenvalue weighted by Crippen LogP contribution is -2.36. The van der Waals surface area contributed by atoms with Gasteiger partial charge in [0.15, 0.2) is 0 Å². The van der Waals surface area contributed by atoms with Gasteiger partial charge in [-0.05, 0) is 31.9 Å². The summed E-state index contributed by atoms with van der Waals surface area (Å²) in [4.78, 5) is 0. The molecule has 13 heavy (non-hydrogen) atoms. The molecule has 0 saturated carbocycles. The summed E-state index contributed by atoms with van der Waals surface area (Å²) in [5.41, 5.74) is 0. The summed E-state index contributed by atoms with van der Waals surface area (Å²) in [5.74, 6) is 0. The molecule has 0 amide bonds. The molecule has 0 fully saturated rings. The largest absolute Gasteiger partial charge is 0.288 e. The third kappa shape index (κ3) is 2.28. The van der Waals surface area contributed by atoms with Crippen LogP contribution in [0.1, 0.15) is 0 Å². The molecule has 0 radical (unpaired) electrons. The highest BCUT2D eigenvalue weighted by Gasteiger charge is 2.54. The van der Waals surface area contributed by atoms with Crippen LogP contribution in [0.15, 0.2) is 0 Å². The Labute approximate surface area is 102 Å². The van der Waals surface area contributed by atoms with Crippen LogP contribution in [0.25, 0.3) is 0 Å². The molecule has 0 aliphatic rings. The second-order valence-corrected chi connectivity index (χ2v) is 9.92. The zero-order chi connectivity index (χ0) is 10.9. The Kier molecular flexibility index (Phi) is 4.06. The summed E-state index contributed by atoms with van der Waals surface area (Å²) < 4.78 is 17.8. The molecule has 0 N–H and O–H groups in total. The number of nitriles is 2. The highest BCUT2D eigenvalue weighted by Crippen LogP contribution is 2.43. The summed E-state index contributed by atoms with van der Waals surface area (Å²) in [7, 11) is -4.40. The van der Waals surface area contributed by atoms with Crippen molar-refractivity contribution in [3.63, 3.8) is 0 Å². The number of sulfone groups is 1. The van der Waals surface area contributed by atoms with E-state index in [-0.39, 0.29) is 0 Å². The van der Waals surface area contributed by atoms with Gasteiger partial charge in [0.05, 0.1) is 0 Å². The van der Waals surface area contributed by atoms with Crippen LogP contribution in [0.4, 0.5) is 0 Å². The third-order valence-corrected chi connectivity index (χ3v) is 6.77. The molecule has 0 bridgehead atoms. The Bertz CT molecular complexity index is 359. The van der Waals surface area contributed by atoms with Crippen molar-refractivity contribution in [2.24, 2.45) is 0 Å². The lowest BCUT2D eigenvalue weighted by atomic mass is 10.9. The van der Waals surface area contributed by atoms with Crippen LogP contribution < -0.4 is 0 Å². The first-order chi connectivity index (χ1) is 5.62. The van der Waals surface area contributed by atoms with E-state index in [1.807, 2.05) is 0 Å². The first-order valence-electron chi connectivity index (χ1n) is 2.44. The Balaban J connectivity index is 5.57. The van der Waals surface area contributed by atoms with Gasteiger partial charge in [-0.3, -0.25) is 0 Å². The molecule has 4 nitrogen and oxygen atoms in total. The number of alkyl halides is 4. The molecule has 0 aromatic rings. The molecular formula is C4Br2Cl2N2O2S. The molecule has 0 aliphatic heterocycles. The highest BCUT2D eigenvalue weighted by atomic mass is 79.9. The van der Waals surface area contributed by atoms with Crippen molar-refractivity contribution in [2.45, 2.75) is 6.23 Å². The summed E-state index contributed by atoms with van der Waals surface area (Å²) >= 11 is 15.4. The Morgan fingerprint density at radius 3 is 1.46 bits per heavy atom. The van der Waals surface area contributed by atoms with Gasteiger partial charge in [-0.1, -0.05) is 23.2 Å². The molecule has 0 heterocycles. The topological polar surface area (TPSA) is 81.7 Å². The molecule has 0 aromatic heterocycles. The number of rotatable bonds is 2. The smallest absolute Gasteiger partial charge is 0.221 e. The predicted octanol–water partition coefficient (Wildman–Crippen LogP) is 2.02. The van der Waals surface area contributed by atoms with E-state index in [0.717, 1.165) is 0 Å². The maximum Gasteiger partial charge on any atom is 0.288 e. The van der Waals surface area contributed by atoms with E-state index in [1.54, 1.807) is 0 Å². The van der Waals surface area contributed by atoms with Gasteiger partial charge in [0.2, 0.25) is 9.84 Å². The predicted molar refractivity (Wildman–Crippen MR) is 55.2 cm³/mol. The average molecular weight is 371 g/mol. The average Bonchev–Trinajstić information content (AvgIpc) is 2.03. The normalized spacial score (nSPS) is 20.5. The Hall–Kier alpha value is 0.470. The summed E-state index contributed by atoms with van der Waals surface area (Å²) in [6.45, 7) is 0. The number of nitrogens with zero attached hydrogens (tertiary/aromatic N) is 2. The molecule has 0 aromatic carbocycles. The molecule has 72 valence electrons. The fraction of sp³-hybridized carbons (Fsp3) is 0.500. The molecule has 9 heteroatoms. The standard InChI is InChI=1S/C4Br2Cl2N2O2S/c5-3(7,1-9)13(11,12)4(6,8)2-10. The van der Waals surface area contributed by atoms with Gasteiger partial charge >= 0.3 is 0 Å². The first-order valence-corrected chi connectivity index (χ1v) is 6.27. The summed E-state index contributed by atoms with van der Waals surface area (Å²) in [5, 5.41) is 16.8. The fourth-order valence-corrected chi connectivity index (χ4v) is 4.32. The minimum absolute atomic E-state index is 1.25. The van der Waals surface area contributed by atoms with Gasteiger partial charge in [0.25, 0.3) is 6.23 Å². The SMILES string of the molecule is N#CC(Cl)(Br)S(=O)(=O)C(Cl)(Br)C#N. The molecule has 0 aliphatic carbocycles. The summed E-state index contributed by atoms with van der Waals surface area (Å²) in [6.07, 6.45) is 0. The second kappa shape index (κ2) is 3.92. The van der Waals surface area contributed by atoms with Crippen molar-refractivity contribution in [3.8, 4) is 12.1 Å². The quantitative estimate of drug-likeness (QED) is 0.696. The fourth-order valence-electron chi connectivity index (χ4n) is 0.281. The monoisotopic (exact) mass is 368 g/mol. The molecule has 0 rings (SSSR count). The van der Waals surface area contributed by atoms with Crippen molar-refractivity contribution >= 4 is 64.9 Å². The van der Waals surface area contributed by atoms with Crippen LogP contribution in [0, 0.1) is 22.7 Å². The van der Waals surface area contributed by atoms with E-state index in [2.05, 4.69) is 31.9 Å². The van der Waals surface area contributed by atoms with Crippen molar-refractivity contribution in [1.82, 2.24) is 0 Å². The van der Waals surface area contributed by atoms with Crippen LogP contribution in [0.2, 0.25) is 0 Å². The van der Waals surface area contributed by atoms with Crippen molar-refractivity contribution in [3.05, 3.63) is 0 Å². The van der Waals surface area contributed by atoms with Crippen molar-refractivity contribution in [1.29, 1.82) is 10.5 Å². The van der Waals surface area contributed by atoms with Gasteiger partial charge < -0.3 is 0 Å². The lowest BCUT2D eigenvalue weighted by Gasteiger charge is -2.17. The molecule has 0 saturated heterocycles. The van der Waals surface area contributed by atoms with Crippen molar-refractivity contribution in [2.75, 3.05) is 0 Å². The van der Waals surface area contributed by atoms with E-state index in [4.69, 9.17) is 33.7 Å². The molecule has 2 unspecified atom stereocenters. The van der Waals surface area contributed by atoms with Crippen LogP contribution >= 0.6 is 55.1 Å². The third-order valence-electron chi connectivity index (χ3n) is 0.935. The summed E-state index contributed by atoms with van der Waals surface area (Å²) in [6, 6.07) is 2.50. The van der Waals surface area contributed by atoms with Gasteiger partial charge in [0, 0.05) is 0 Å². The highest BCUT2D eigenvalue weighted by molar-refractivity contribution is 9.14. The van der Waals surface area contributed by atoms with Crippen LogP contribution in [-0.4, -0.2) is 14.6 Å². The van der Waals surface area contributed by atoms with E-state index in [9.17, 15) is 8.42 Å². The molecule has 0 spiro atoms. The number of hydrogen-bond donors (Lipinski definition) is 0. The van der Waals surface area contributed by atoms with E-state index < -0.39 is 16.1 Å². The Morgan fingerprint density at radius 1 is 1.08 bits per heavy atom. The lowest BCUT2D eigenvalue weighted by molar-refractivity contribution is 0.595. The van der Waals surface area contributed by atoms with Crippen LogP contribution in [-0.2, 0) is 9.84 Å². The number of halogens is 4. The van der Waals surface area contributed by atoms with E-state index >= 15 is 0 Å². The van der Waals surface area contributed by atoms with E-state index in [0.29, 0.717) is 0 Å². The zero-order valence-electron chi connectivity index (χ0n) is 5.63. The second-order valence-electron chi connectivity index (χ2n) is 1.76. The minimum Gasteiger partial charge on any atom is -0.221 e. The van der Waals surface area contributed by atoms with Crippen molar-refractivity contribution < 1.29 is 8.42 Å². The van der Waals surface area contributed by atoms with Gasteiger partial charge in [-0.15, -0.1) is 0 Å².